The number of benzene rings is 2. The minimum absolute atomic E-state index is 0.141. The fraction of sp³-hybridized carbons (Fsp3) is 0.207. The molecule has 5 rings (SSSR count). The third-order valence-corrected chi connectivity index (χ3v) is 6.70. The number of fused-ring (bicyclic) bond motifs is 1. The van der Waals surface area contributed by atoms with Crippen LogP contribution in [0.4, 0.5) is 15.8 Å². The average molecular weight is 562 g/mol. The fourth-order valence-corrected chi connectivity index (χ4v) is 4.68. The van der Waals surface area contributed by atoms with Crippen LogP contribution in [0.25, 0.3) is 22.6 Å². The second-order valence-electron chi connectivity index (χ2n) is 9.82. The second kappa shape index (κ2) is 11.4. The summed E-state index contributed by atoms with van der Waals surface area (Å²) >= 11 is 5.81. The van der Waals surface area contributed by atoms with Crippen LogP contribution in [0.2, 0.25) is 5.02 Å². The van der Waals surface area contributed by atoms with E-state index in [0.29, 0.717) is 29.4 Å². The van der Waals surface area contributed by atoms with Crippen LogP contribution in [0.3, 0.4) is 0 Å². The van der Waals surface area contributed by atoms with E-state index >= 15 is 0 Å². The van der Waals surface area contributed by atoms with Gasteiger partial charge in [-0.1, -0.05) is 23.7 Å². The second-order valence-corrected chi connectivity index (χ2v) is 10.3. The lowest BCUT2D eigenvalue weighted by molar-refractivity contribution is 0.101. The summed E-state index contributed by atoms with van der Waals surface area (Å²) in [6.45, 7) is 1.36. The van der Waals surface area contributed by atoms with E-state index in [2.05, 4.69) is 25.5 Å². The zero-order valence-electron chi connectivity index (χ0n) is 22.3. The number of imidazole rings is 1. The van der Waals surface area contributed by atoms with E-state index in [4.69, 9.17) is 11.6 Å². The van der Waals surface area contributed by atoms with Crippen molar-refractivity contribution in [2.24, 2.45) is 7.05 Å². The minimum atomic E-state index is -0.724. The van der Waals surface area contributed by atoms with Gasteiger partial charge >= 0.3 is 0 Å². The molecular weight excluding hydrogens is 533 g/mol. The molecule has 11 heteroatoms. The van der Waals surface area contributed by atoms with Crippen LogP contribution >= 0.6 is 11.6 Å². The maximum Gasteiger partial charge on any atom is 0.272 e. The van der Waals surface area contributed by atoms with Crippen molar-refractivity contribution in [1.82, 2.24) is 24.0 Å². The Morgan fingerprint density at radius 3 is 2.52 bits per heavy atom. The van der Waals surface area contributed by atoms with Crippen molar-refractivity contribution in [3.05, 3.63) is 89.1 Å². The number of halogens is 2. The van der Waals surface area contributed by atoms with Crippen molar-refractivity contribution in [3.8, 4) is 11.5 Å². The molecule has 0 aliphatic rings. The molecule has 0 aliphatic carbocycles. The van der Waals surface area contributed by atoms with Gasteiger partial charge in [0.2, 0.25) is 0 Å². The Labute approximate surface area is 235 Å². The molecular formula is C29H29ClFN7O2. The predicted molar refractivity (Wildman–Crippen MR) is 155 cm³/mol. The molecule has 9 nitrogen and oxygen atoms in total. The molecule has 0 aliphatic heterocycles. The number of rotatable bonds is 9. The van der Waals surface area contributed by atoms with Crippen LogP contribution in [0, 0.1) is 5.82 Å². The molecule has 0 radical (unpaired) electrons. The van der Waals surface area contributed by atoms with Crippen molar-refractivity contribution in [2.75, 3.05) is 31.3 Å². The number of H-pyrrole nitrogens is 1. The molecule has 0 saturated carbocycles. The first-order valence-corrected chi connectivity index (χ1v) is 13.1. The largest absolute Gasteiger partial charge is 0.346 e. The lowest BCUT2D eigenvalue weighted by atomic mass is 10.2. The number of amides is 2. The van der Waals surface area contributed by atoms with Crippen molar-refractivity contribution in [3.63, 3.8) is 0 Å². The number of aromatic amines is 1. The summed E-state index contributed by atoms with van der Waals surface area (Å²) in [7, 11) is 5.83. The molecule has 3 heterocycles. The van der Waals surface area contributed by atoms with Gasteiger partial charge < -0.3 is 29.7 Å². The van der Waals surface area contributed by atoms with Crippen LogP contribution in [-0.2, 0) is 13.6 Å². The Morgan fingerprint density at radius 1 is 1.02 bits per heavy atom. The molecule has 0 bridgehead atoms. The standard InChI is InChI=1S/C29H29ClFN7O2/c1-36(2)11-6-12-38-17-20(32-28(39)21-10-9-18(30)13-22(21)31)15-26(38)29(40)33-19-14-25(37(3)16-19)27-34-23-7-4-5-8-24(23)35-27/h4-5,7-10,13-17H,6,11-12H2,1-3H3,(H,32,39)(H,33,40)(H,34,35). The molecule has 2 aromatic carbocycles. The minimum Gasteiger partial charge on any atom is -0.346 e. The topological polar surface area (TPSA) is 100.0 Å². The van der Waals surface area contributed by atoms with Gasteiger partial charge in [0, 0.05) is 31.0 Å². The van der Waals surface area contributed by atoms with Gasteiger partial charge in [0.1, 0.15) is 11.5 Å². The third-order valence-electron chi connectivity index (χ3n) is 6.46. The van der Waals surface area contributed by atoms with Gasteiger partial charge in [-0.15, -0.1) is 0 Å². The first-order valence-electron chi connectivity index (χ1n) is 12.7. The Bertz CT molecular complexity index is 1670. The normalized spacial score (nSPS) is 11.3. The van der Waals surface area contributed by atoms with Gasteiger partial charge in [-0.2, -0.15) is 0 Å². The van der Waals surface area contributed by atoms with Crippen LogP contribution in [-0.4, -0.2) is 56.5 Å². The highest BCUT2D eigenvalue weighted by Gasteiger charge is 2.19. The summed E-state index contributed by atoms with van der Waals surface area (Å²) in [5.74, 6) is -1.01. The van der Waals surface area contributed by atoms with Gasteiger partial charge in [0.05, 0.1) is 33.7 Å². The lowest BCUT2D eigenvalue weighted by Crippen LogP contribution is -2.19. The van der Waals surface area contributed by atoms with Crippen LogP contribution in [0.5, 0.6) is 0 Å². The monoisotopic (exact) mass is 561 g/mol. The molecule has 0 unspecified atom stereocenters. The Morgan fingerprint density at radius 2 is 1.77 bits per heavy atom. The van der Waals surface area contributed by atoms with Gasteiger partial charge in [-0.05, 0) is 69.5 Å². The molecule has 0 atom stereocenters. The highest BCUT2D eigenvalue weighted by Crippen LogP contribution is 2.26. The Balaban J connectivity index is 1.37. The summed E-state index contributed by atoms with van der Waals surface area (Å²) in [6.07, 6.45) is 4.27. The number of aryl methyl sites for hydroxylation is 2. The third kappa shape index (κ3) is 5.93. The van der Waals surface area contributed by atoms with Crippen molar-refractivity contribution in [2.45, 2.75) is 13.0 Å². The number of anilines is 2. The predicted octanol–water partition coefficient (Wildman–Crippen LogP) is 5.62. The summed E-state index contributed by atoms with van der Waals surface area (Å²) in [4.78, 5) is 36.2. The summed E-state index contributed by atoms with van der Waals surface area (Å²) < 4.78 is 18.0. The number of hydrogen-bond acceptors (Lipinski definition) is 4. The maximum absolute atomic E-state index is 14.3. The van der Waals surface area contributed by atoms with Gasteiger partial charge in [-0.3, -0.25) is 9.59 Å². The molecule has 0 saturated heterocycles. The number of carbonyl (C=O) groups excluding carboxylic acids is 2. The highest BCUT2D eigenvalue weighted by atomic mass is 35.5. The lowest BCUT2D eigenvalue weighted by Gasteiger charge is -2.12. The van der Waals surface area contributed by atoms with E-state index in [1.807, 2.05) is 62.2 Å². The van der Waals surface area contributed by atoms with E-state index in [-0.39, 0.29) is 16.5 Å². The van der Waals surface area contributed by atoms with Gasteiger partial charge in [-0.25, -0.2) is 9.37 Å². The van der Waals surface area contributed by atoms with Crippen molar-refractivity contribution >= 4 is 45.8 Å². The van der Waals surface area contributed by atoms with Crippen LogP contribution in [0.15, 0.2) is 67.0 Å². The molecule has 0 fully saturated rings. The van der Waals surface area contributed by atoms with E-state index in [1.54, 1.807) is 16.8 Å². The molecule has 2 amide bonds. The van der Waals surface area contributed by atoms with Crippen LogP contribution in [0.1, 0.15) is 27.3 Å². The van der Waals surface area contributed by atoms with Crippen molar-refractivity contribution in [1.29, 1.82) is 0 Å². The van der Waals surface area contributed by atoms with E-state index in [9.17, 15) is 14.0 Å². The molecule has 5 aromatic rings. The quantitative estimate of drug-likeness (QED) is 0.217. The number of aromatic nitrogens is 4. The number of hydrogen-bond donors (Lipinski definition) is 3. The molecule has 206 valence electrons. The Kier molecular flexibility index (Phi) is 7.72. The first-order chi connectivity index (χ1) is 19.2. The number of para-hydroxylation sites is 2. The zero-order valence-corrected chi connectivity index (χ0v) is 23.1. The molecule has 40 heavy (non-hydrogen) atoms. The highest BCUT2D eigenvalue weighted by molar-refractivity contribution is 6.30. The SMILES string of the molecule is CN(C)CCCn1cc(NC(=O)c2ccc(Cl)cc2F)cc1C(=O)Nc1cc(-c2nc3ccccc3[nH]2)n(C)c1. The molecule has 0 spiro atoms. The van der Waals surface area contributed by atoms with E-state index < -0.39 is 11.7 Å². The summed E-state index contributed by atoms with van der Waals surface area (Å²) in [5, 5.41) is 5.85. The summed E-state index contributed by atoms with van der Waals surface area (Å²) in [6, 6.07) is 15.1. The van der Waals surface area contributed by atoms with Gasteiger partial charge in [0.15, 0.2) is 5.82 Å². The first kappa shape index (κ1) is 27.2. The van der Waals surface area contributed by atoms with Gasteiger partial charge in [0.25, 0.3) is 11.8 Å². The van der Waals surface area contributed by atoms with Crippen molar-refractivity contribution < 1.29 is 14.0 Å². The maximum atomic E-state index is 14.3. The summed E-state index contributed by atoms with van der Waals surface area (Å²) in [5.41, 5.74) is 3.78. The zero-order chi connectivity index (χ0) is 28.4. The number of nitrogens with one attached hydrogen (secondary N) is 3. The number of nitrogens with zero attached hydrogens (tertiary/aromatic N) is 4. The number of carbonyl (C=O) groups is 2. The average Bonchev–Trinajstić information content (AvgIpc) is 3.60. The van der Waals surface area contributed by atoms with E-state index in [0.717, 1.165) is 35.8 Å². The van der Waals surface area contributed by atoms with E-state index in [1.165, 1.54) is 12.1 Å². The Hall–Kier alpha value is -4.41. The smallest absolute Gasteiger partial charge is 0.272 e. The molecule has 3 aromatic heterocycles. The van der Waals surface area contributed by atoms with Crippen LogP contribution < -0.4 is 10.6 Å². The fourth-order valence-electron chi connectivity index (χ4n) is 4.52. The molecule has 3 N–H and O–H groups in total.